The zero-order valence-corrected chi connectivity index (χ0v) is 36.2. The lowest BCUT2D eigenvalue weighted by molar-refractivity contribution is -0.854. The van der Waals surface area contributed by atoms with Gasteiger partial charge in [0.2, 0.25) is 0 Å². The number of benzene rings is 2. The normalized spacial score (nSPS) is 23.7. The van der Waals surface area contributed by atoms with E-state index in [0.29, 0.717) is 6.04 Å². The van der Waals surface area contributed by atoms with Crippen molar-refractivity contribution >= 4 is 31.0 Å². The zero-order valence-electron chi connectivity index (χ0n) is 34.5. The fourth-order valence-electron chi connectivity index (χ4n) is 9.34. The van der Waals surface area contributed by atoms with E-state index in [9.17, 15) is 43.2 Å². The molecule has 59 heavy (non-hydrogen) atoms. The van der Waals surface area contributed by atoms with Crippen molar-refractivity contribution in [3.8, 4) is 0 Å². The van der Waals surface area contributed by atoms with Gasteiger partial charge in [0.05, 0.1) is 12.0 Å². The maximum Gasteiger partial charge on any atom is 0.469 e. The molecule has 0 spiro atoms. The SMILES string of the molecule is CC1(C)\C(=C/C=C/C=C/C=C/C2[NH+](CC3CCCCC3)c3ccccc3C2(C)C)N(CC2CCCCC2)c2ccccc21.C[C-](S(=O)(=O)C(F)(F)F)S(=O)(=O)C(F)(F)F. The molecule has 2 unspecified atom stereocenters. The predicted molar refractivity (Wildman–Crippen MR) is 223 cm³/mol. The standard InChI is InChI=1S/C41H54N2.C4H3F6O4S2/c1-40(2)34-24-16-18-26-36(34)42(30-32-20-10-8-11-21-32)38(40)28-14-6-5-7-15-29-39-41(3,4)35-25-17-19-27-37(35)43(39)31-33-22-12-9-13-23-33;1-2(15(11,12)3(5,6)7)16(13,14)4(8,9)10/h5-7,14-19,24-29,32-33,38H,8-13,20-23,30-31H2,1-4H3;1H3/q;-1/p+1/b6-5+,15-7+,28-14+,39-29+;. The van der Waals surface area contributed by atoms with Crippen molar-refractivity contribution in [2.45, 2.75) is 127 Å². The third-order valence-electron chi connectivity index (χ3n) is 12.7. The van der Waals surface area contributed by atoms with Crippen LogP contribution < -0.4 is 9.80 Å². The fourth-order valence-corrected chi connectivity index (χ4v) is 11.7. The zero-order chi connectivity index (χ0) is 43.4. The summed E-state index contributed by atoms with van der Waals surface area (Å²) >= 11 is 0. The molecule has 0 radical (unpaired) electrons. The highest BCUT2D eigenvalue weighted by Gasteiger charge is 2.52. The van der Waals surface area contributed by atoms with Crippen molar-refractivity contribution in [1.82, 2.24) is 0 Å². The molecule has 6 rings (SSSR count). The van der Waals surface area contributed by atoms with Gasteiger partial charge in [-0.05, 0) is 75.3 Å². The summed E-state index contributed by atoms with van der Waals surface area (Å²) in [4.78, 5) is 4.32. The number of anilines is 1. The molecule has 2 aromatic rings. The molecule has 2 saturated carbocycles. The Morgan fingerprint density at radius 1 is 0.695 bits per heavy atom. The van der Waals surface area contributed by atoms with Gasteiger partial charge < -0.3 is 4.90 Å². The van der Waals surface area contributed by atoms with Crippen LogP contribution in [0.15, 0.2) is 96.8 Å². The number of fused-ring (bicyclic) bond motifs is 2. The number of nitrogens with one attached hydrogen (secondary N) is 1. The van der Waals surface area contributed by atoms with Crippen LogP contribution >= 0.6 is 0 Å². The van der Waals surface area contributed by atoms with Gasteiger partial charge in [-0.1, -0.05) is 124 Å². The lowest BCUT2D eigenvalue weighted by Gasteiger charge is -2.32. The monoisotopic (exact) mass is 868 g/mol. The first-order valence-corrected chi connectivity index (χ1v) is 23.5. The predicted octanol–water partition coefficient (Wildman–Crippen LogP) is 10.7. The Balaban J connectivity index is 0.000000352. The molecular formula is C45H58F6N2O4S2. The minimum atomic E-state index is -6.51. The molecule has 14 heteroatoms. The maximum atomic E-state index is 11.8. The molecule has 2 aliphatic heterocycles. The summed E-state index contributed by atoms with van der Waals surface area (Å²) < 4.78 is 109. The lowest BCUT2D eigenvalue weighted by atomic mass is 9.80. The van der Waals surface area contributed by atoms with Crippen LogP contribution in [0.25, 0.3) is 0 Å². The van der Waals surface area contributed by atoms with Crippen molar-refractivity contribution in [2.75, 3.05) is 18.0 Å². The van der Waals surface area contributed by atoms with Crippen LogP contribution in [0.5, 0.6) is 0 Å². The second kappa shape index (κ2) is 18.3. The van der Waals surface area contributed by atoms with Crippen molar-refractivity contribution in [3.63, 3.8) is 0 Å². The van der Waals surface area contributed by atoms with Crippen LogP contribution in [0.1, 0.15) is 110 Å². The van der Waals surface area contributed by atoms with Crippen molar-refractivity contribution in [1.29, 1.82) is 0 Å². The number of hydrogen-bond donors (Lipinski definition) is 1. The Morgan fingerprint density at radius 3 is 1.76 bits per heavy atom. The summed E-state index contributed by atoms with van der Waals surface area (Å²) in [5.74, 6) is 1.66. The van der Waals surface area contributed by atoms with E-state index in [2.05, 4.69) is 124 Å². The van der Waals surface area contributed by atoms with Crippen LogP contribution in [-0.4, -0.2) is 47.0 Å². The van der Waals surface area contributed by atoms with Crippen molar-refractivity contribution < 1.29 is 48.1 Å². The van der Waals surface area contributed by atoms with Gasteiger partial charge in [0.1, 0.15) is 31.4 Å². The second-order valence-corrected chi connectivity index (χ2v) is 21.8. The van der Waals surface area contributed by atoms with Crippen molar-refractivity contribution in [3.05, 3.63) is 112 Å². The van der Waals surface area contributed by atoms with Crippen LogP contribution in [0.2, 0.25) is 0 Å². The van der Waals surface area contributed by atoms with Crippen molar-refractivity contribution in [2.24, 2.45) is 11.8 Å². The van der Waals surface area contributed by atoms with Gasteiger partial charge in [0, 0.05) is 34.8 Å². The van der Waals surface area contributed by atoms with E-state index < -0.39 is 35.3 Å². The smallest absolute Gasteiger partial charge is 0.344 e. The van der Waals surface area contributed by atoms with Gasteiger partial charge in [0.15, 0.2) is 0 Å². The molecule has 0 amide bonds. The molecule has 0 saturated heterocycles. The highest BCUT2D eigenvalue weighted by atomic mass is 32.3. The number of allylic oxidation sites excluding steroid dienone is 7. The third-order valence-corrected chi connectivity index (χ3v) is 16.7. The molecule has 1 N–H and O–H groups in total. The van der Waals surface area contributed by atoms with Gasteiger partial charge in [-0.25, -0.2) is 0 Å². The van der Waals surface area contributed by atoms with E-state index in [0.717, 1.165) is 18.4 Å². The van der Waals surface area contributed by atoms with E-state index in [4.69, 9.17) is 0 Å². The topological polar surface area (TPSA) is 76.0 Å². The first-order valence-electron chi connectivity index (χ1n) is 20.5. The average Bonchev–Trinajstić information content (AvgIpc) is 3.52. The first-order chi connectivity index (χ1) is 27.5. The van der Waals surface area contributed by atoms with E-state index in [1.54, 1.807) is 4.90 Å². The molecular weight excluding hydrogens is 811 g/mol. The molecule has 2 aliphatic carbocycles. The van der Waals surface area contributed by atoms with Crippen LogP contribution in [0.4, 0.5) is 37.7 Å². The molecule has 2 heterocycles. The summed E-state index contributed by atoms with van der Waals surface area (Å²) in [5, 5.41) is 0. The van der Waals surface area contributed by atoms with Crippen LogP contribution in [0.3, 0.4) is 0 Å². The Bertz CT molecular complexity index is 2060. The summed E-state index contributed by atoms with van der Waals surface area (Å²) in [6.45, 7) is 11.8. The van der Waals surface area contributed by atoms with Gasteiger partial charge in [-0.3, -0.25) is 21.7 Å². The number of halogens is 6. The molecule has 2 fully saturated rings. The summed E-state index contributed by atoms with van der Waals surface area (Å²) in [6.07, 6.45) is 30.1. The molecule has 6 nitrogen and oxygen atoms in total. The quantitative estimate of drug-likeness (QED) is 0.146. The Morgan fingerprint density at radius 2 is 1.19 bits per heavy atom. The molecule has 0 aromatic heterocycles. The van der Waals surface area contributed by atoms with E-state index >= 15 is 0 Å². The number of rotatable bonds is 10. The van der Waals surface area contributed by atoms with Gasteiger partial charge in [-0.15, -0.1) is 0 Å². The van der Waals surface area contributed by atoms with E-state index in [-0.39, 0.29) is 17.8 Å². The Labute approximate surface area is 347 Å². The van der Waals surface area contributed by atoms with Gasteiger partial charge >= 0.3 is 11.0 Å². The largest absolute Gasteiger partial charge is 0.469 e. The molecule has 2 atom stereocenters. The summed E-state index contributed by atoms with van der Waals surface area (Å²) in [5.41, 5.74) is -4.67. The summed E-state index contributed by atoms with van der Waals surface area (Å²) in [6, 6.07) is 18.8. The number of hydrogen-bond acceptors (Lipinski definition) is 5. The average molecular weight is 869 g/mol. The lowest BCUT2D eigenvalue weighted by Crippen LogP contribution is -3.11. The third kappa shape index (κ3) is 10.1. The maximum absolute atomic E-state index is 11.8. The highest BCUT2D eigenvalue weighted by Crippen LogP contribution is 2.48. The van der Waals surface area contributed by atoms with Crippen LogP contribution in [0, 0.1) is 16.4 Å². The molecule has 0 bridgehead atoms. The minimum Gasteiger partial charge on any atom is -0.344 e. The number of alkyl halides is 6. The number of para-hydroxylation sites is 2. The van der Waals surface area contributed by atoms with Crippen LogP contribution in [-0.2, 0) is 30.5 Å². The van der Waals surface area contributed by atoms with Gasteiger partial charge in [0.25, 0.3) is 0 Å². The molecule has 326 valence electrons. The van der Waals surface area contributed by atoms with E-state index in [1.807, 2.05) is 0 Å². The Kier molecular flexibility index (Phi) is 14.5. The van der Waals surface area contributed by atoms with E-state index in [1.165, 1.54) is 99.0 Å². The minimum absolute atomic E-state index is 0.0207. The highest BCUT2D eigenvalue weighted by molar-refractivity contribution is 8.13. The number of quaternary nitrogens is 1. The van der Waals surface area contributed by atoms with Gasteiger partial charge in [-0.2, -0.15) is 33.3 Å². The first kappa shape index (κ1) is 46.7. The molecule has 4 aliphatic rings. The fraction of sp³-hybridized carbons (Fsp3) is 0.533. The second-order valence-electron chi connectivity index (χ2n) is 17.3. The number of sulfone groups is 2. The Hall–Kier alpha value is -3.36. The molecule has 2 aromatic carbocycles. The summed E-state index contributed by atoms with van der Waals surface area (Å²) in [7, 11) is -13.0. The number of nitrogens with zero attached hydrogens (tertiary/aromatic N) is 1.